The van der Waals surface area contributed by atoms with Crippen molar-refractivity contribution in [3.05, 3.63) is 60.4 Å². The molecule has 1 aliphatic rings. The van der Waals surface area contributed by atoms with Crippen LogP contribution in [0.15, 0.2) is 59.0 Å². The Morgan fingerprint density at radius 2 is 1.90 bits per heavy atom. The van der Waals surface area contributed by atoms with E-state index in [0.29, 0.717) is 23.6 Å². The maximum Gasteiger partial charge on any atom is 0.240 e. The average Bonchev–Trinajstić information content (AvgIpc) is 2.97. The molecule has 2 heterocycles. The molecule has 1 unspecified atom stereocenters. The van der Waals surface area contributed by atoms with E-state index in [0.717, 1.165) is 11.1 Å². The number of hydrogen-bond donors (Lipinski definition) is 1. The van der Waals surface area contributed by atoms with E-state index >= 15 is 0 Å². The predicted molar refractivity (Wildman–Crippen MR) is 79.9 cm³/mol. The Balaban J connectivity index is 1.63. The topological polar surface area (TPSA) is 51.5 Å². The number of benzene rings is 2. The average molecular weight is 279 g/mol. The second kappa shape index (κ2) is 4.66. The van der Waals surface area contributed by atoms with Crippen molar-refractivity contribution in [1.29, 1.82) is 0 Å². The Morgan fingerprint density at radius 1 is 1.10 bits per heavy atom. The van der Waals surface area contributed by atoms with Gasteiger partial charge in [-0.25, -0.2) is 0 Å². The zero-order chi connectivity index (χ0) is 14.2. The van der Waals surface area contributed by atoms with Gasteiger partial charge in [0.2, 0.25) is 5.78 Å². The van der Waals surface area contributed by atoms with Crippen molar-refractivity contribution in [3.63, 3.8) is 0 Å². The van der Waals surface area contributed by atoms with Crippen LogP contribution >= 0.6 is 0 Å². The zero-order valence-corrected chi connectivity index (χ0v) is 11.2. The smallest absolute Gasteiger partial charge is 0.240 e. The van der Waals surface area contributed by atoms with Crippen LogP contribution in [0.4, 0.5) is 5.69 Å². The van der Waals surface area contributed by atoms with Gasteiger partial charge >= 0.3 is 0 Å². The first-order valence-corrected chi connectivity index (χ1v) is 6.83. The zero-order valence-electron chi connectivity index (χ0n) is 11.2. The number of ether oxygens (including phenoxy) is 1. The molecule has 2 aromatic carbocycles. The number of nitrogens with one attached hydrogen (secondary N) is 1. The van der Waals surface area contributed by atoms with Gasteiger partial charge in [-0.2, -0.15) is 0 Å². The summed E-state index contributed by atoms with van der Waals surface area (Å²) in [4.78, 5) is 12.5. The summed E-state index contributed by atoms with van der Waals surface area (Å²) < 4.78 is 11.4. The van der Waals surface area contributed by atoms with E-state index in [1.54, 1.807) is 6.07 Å². The number of carbonyl (C=O) groups is 1. The number of carbonyl (C=O) groups excluding carboxylic acids is 1. The second-order valence-electron chi connectivity index (χ2n) is 5.00. The fraction of sp³-hybridized carbons (Fsp3) is 0.118. The van der Waals surface area contributed by atoms with Crippen LogP contribution in [0.1, 0.15) is 10.6 Å². The van der Waals surface area contributed by atoms with Gasteiger partial charge in [-0.15, -0.1) is 0 Å². The highest BCUT2D eigenvalue weighted by molar-refractivity contribution is 6.01. The van der Waals surface area contributed by atoms with Crippen molar-refractivity contribution in [2.45, 2.75) is 6.10 Å². The third-order valence-corrected chi connectivity index (χ3v) is 3.60. The van der Waals surface area contributed by atoms with Crippen LogP contribution in [0.2, 0.25) is 0 Å². The van der Waals surface area contributed by atoms with Gasteiger partial charge in [0, 0.05) is 5.39 Å². The maximum absolute atomic E-state index is 12.5. The van der Waals surface area contributed by atoms with E-state index in [1.807, 2.05) is 48.5 Å². The molecule has 0 saturated carbocycles. The molecule has 1 N–H and O–H groups in total. The van der Waals surface area contributed by atoms with Gasteiger partial charge in [-0.3, -0.25) is 4.79 Å². The van der Waals surface area contributed by atoms with Crippen LogP contribution < -0.4 is 10.1 Å². The number of anilines is 1. The Kier molecular flexibility index (Phi) is 2.67. The number of hydrogen-bond acceptors (Lipinski definition) is 4. The van der Waals surface area contributed by atoms with Crippen molar-refractivity contribution in [1.82, 2.24) is 0 Å². The molecule has 0 radical (unpaired) electrons. The number of para-hydroxylation sites is 3. The summed E-state index contributed by atoms with van der Waals surface area (Å²) in [7, 11) is 0. The molecule has 1 aliphatic heterocycles. The molecule has 4 nitrogen and oxygen atoms in total. The van der Waals surface area contributed by atoms with Crippen LogP contribution in [0.5, 0.6) is 5.75 Å². The largest absolute Gasteiger partial charge is 0.478 e. The number of Topliss-reactive ketones (excluding diaryl/α,β-unsaturated/α-hetero) is 1. The molecular weight excluding hydrogens is 266 g/mol. The van der Waals surface area contributed by atoms with Crippen LogP contribution in [0.25, 0.3) is 11.0 Å². The van der Waals surface area contributed by atoms with Crippen LogP contribution in [0.3, 0.4) is 0 Å². The highest BCUT2D eigenvalue weighted by atomic mass is 16.5. The monoisotopic (exact) mass is 279 g/mol. The summed E-state index contributed by atoms with van der Waals surface area (Å²) >= 11 is 0. The minimum atomic E-state index is -0.569. The lowest BCUT2D eigenvalue weighted by Crippen LogP contribution is -2.37. The molecule has 104 valence electrons. The molecule has 4 heteroatoms. The molecule has 0 amide bonds. The quantitative estimate of drug-likeness (QED) is 0.730. The number of rotatable bonds is 2. The van der Waals surface area contributed by atoms with Gasteiger partial charge < -0.3 is 14.5 Å². The lowest BCUT2D eigenvalue weighted by atomic mass is 10.1. The van der Waals surface area contributed by atoms with E-state index in [2.05, 4.69) is 5.32 Å². The van der Waals surface area contributed by atoms with E-state index in [9.17, 15) is 4.79 Å². The summed E-state index contributed by atoms with van der Waals surface area (Å²) in [5.41, 5.74) is 1.62. The molecule has 3 aromatic rings. The first-order valence-electron chi connectivity index (χ1n) is 6.83. The Morgan fingerprint density at radius 3 is 2.81 bits per heavy atom. The van der Waals surface area contributed by atoms with E-state index in [-0.39, 0.29) is 5.78 Å². The minimum Gasteiger partial charge on any atom is -0.478 e. The highest BCUT2D eigenvalue weighted by Crippen LogP contribution is 2.29. The van der Waals surface area contributed by atoms with E-state index < -0.39 is 6.10 Å². The van der Waals surface area contributed by atoms with Gasteiger partial charge in [0.25, 0.3) is 0 Å². The molecule has 1 atom stereocenters. The predicted octanol–water partition coefficient (Wildman–Crippen LogP) is 3.49. The van der Waals surface area contributed by atoms with Crippen LogP contribution in [-0.4, -0.2) is 18.4 Å². The second-order valence-corrected chi connectivity index (χ2v) is 5.00. The van der Waals surface area contributed by atoms with E-state index in [1.165, 1.54) is 0 Å². The molecule has 0 fully saturated rings. The summed E-state index contributed by atoms with van der Waals surface area (Å²) in [6, 6.07) is 16.9. The van der Waals surface area contributed by atoms with Crippen molar-refractivity contribution in [2.75, 3.05) is 11.9 Å². The third-order valence-electron chi connectivity index (χ3n) is 3.60. The van der Waals surface area contributed by atoms with Gasteiger partial charge in [0.05, 0.1) is 12.2 Å². The molecule has 1 aromatic heterocycles. The van der Waals surface area contributed by atoms with Crippen molar-refractivity contribution in [3.8, 4) is 5.75 Å². The van der Waals surface area contributed by atoms with Crippen LogP contribution in [0, 0.1) is 0 Å². The van der Waals surface area contributed by atoms with Gasteiger partial charge in [0.1, 0.15) is 11.3 Å². The molecule has 0 bridgehead atoms. The summed E-state index contributed by atoms with van der Waals surface area (Å²) in [6.45, 7) is 0.437. The SMILES string of the molecule is O=C(c1cc2ccccc2o1)C1CNc2ccccc2O1. The summed E-state index contributed by atoms with van der Waals surface area (Å²) in [5.74, 6) is 0.883. The Hall–Kier alpha value is -2.75. The van der Waals surface area contributed by atoms with Crippen molar-refractivity contribution < 1.29 is 13.9 Å². The standard InChI is InChI=1S/C17H13NO3/c19-17(15-9-11-5-1-3-7-13(11)20-15)16-10-18-12-6-2-4-8-14(12)21-16/h1-9,16,18H,10H2. The highest BCUT2D eigenvalue weighted by Gasteiger charge is 2.28. The fourth-order valence-electron chi connectivity index (χ4n) is 2.52. The number of ketones is 1. The molecule has 0 spiro atoms. The number of furan rings is 1. The minimum absolute atomic E-state index is 0.145. The molecule has 0 saturated heterocycles. The lowest BCUT2D eigenvalue weighted by Gasteiger charge is -2.25. The number of fused-ring (bicyclic) bond motifs is 2. The Labute approximate surface area is 121 Å². The fourth-order valence-corrected chi connectivity index (χ4v) is 2.52. The van der Waals surface area contributed by atoms with Crippen molar-refractivity contribution >= 4 is 22.4 Å². The summed E-state index contributed by atoms with van der Waals surface area (Å²) in [5, 5.41) is 4.13. The normalized spacial score (nSPS) is 16.9. The Bertz CT molecular complexity index is 789. The van der Waals surface area contributed by atoms with E-state index in [4.69, 9.17) is 9.15 Å². The third kappa shape index (κ3) is 2.05. The lowest BCUT2D eigenvalue weighted by molar-refractivity contribution is 0.0774. The van der Waals surface area contributed by atoms with Gasteiger partial charge in [0.15, 0.2) is 11.9 Å². The molecule has 0 aliphatic carbocycles. The molecule has 4 rings (SSSR count). The molecule has 21 heavy (non-hydrogen) atoms. The first kappa shape index (κ1) is 12.0. The molecular formula is C17H13NO3. The van der Waals surface area contributed by atoms with Gasteiger partial charge in [-0.05, 0) is 24.3 Å². The van der Waals surface area contributed by atoms with Crippen LogP contribution in [-0.2, 0) is 0 Å². The maximum atomic E-state index is 12.5. The van der Waals surface area contributed by atoms with Crippen molar-refractivity contribution in [2.24, 2.45) is 0 Å². The summed E-state index contributed by atoms with van der Waals surface area (Å²) in [6.07, 6.45) is -0.569. The first-order chi connectivity index (χ1) is 10.3. The van der Waals surface area contributed by atoms with Gasteiger partial charge in [-0.1, -0.05) is 30.3 Å².